The van der Waals surface area contributed by atoms with Crippen LogP contribution < -0.4 is 11.1 Å². The van der Waals surface area contributed by atoms with E-state index in [1.807, 2.05) is 0 Å². The van der Waals surface area contributed by atoms with Crippen molar-refractivity contribution in [2.75, 3.05) is 17.7 Å². The largest absolute Gasteiger partial charge is 0.452 e. The standard InChI is InChI=1S/C15H11Cl2N3O5/c16-8-1-3-10(12(18)5-8)15(22)25-7-14(21)19-9-2-4-11(17)13(6-9)20(23)24/h1-6H,7,18H2,(H,19,21). The normalized spacial score (nSPS) is 10.2. The number of nitrogens with one attached hydrogen (secondary N) is 1. The van der Waals surface area contributed by atoms with Crippen LogP contribution in [-0.2, 0) is 9.53 Å². The molecule has 25 heavy (non-hydrogen) atoms. The van der Waals surface area contributed by atoms with E-state index in [2.05, 4.69) is 5.32 Å². The van der Waals surface area contributed by atoms with E-state index in [-0.39, 0.29) is 27.6 Å². The number of nitrogen functional groups attached to an aromatic ring is 1. The van der Waals surface area contributed by atoms with Crippen LogP contribution in [0.5, 0.6) is 0 Å². The van der Waals surface area contributed by atoms with E-state index in [0.29, 0.717) is 5.02 Å². The molecule has 0 aromatic heterocycles. The summed E-state index contributed by atoms with van der Waals surface area (Å²) in [5.41, 5.74) is 5.62. The third-order valence-corrected chi connectivity index (χ3v) is 3.55. The Morgan fingerprint density at radius 3 is 2.56 bits per heavy atom. The minimum Gasteiger partial charge on any atom is -0.452 e. The lowest BCUT2D eigenvalue weighted by molar-refractivity contribution is -0.384. The number of hydrogen-bond acceptors (Lipinski definition) is 6. The number of carbonyl (C=O) groups is 2. The van der Waals surface area contributed by atoms with Crippen LogP contribution >= 0.6 is 23.2 Å². The minimum atomic E-state index is -0.800. The van der Waals surface area contributed by atoms with Crippen molar-refractivity contribution in [3.8, 4) is 0 Å². The number of nitrogens with zero attached hydrogens (tertiary/aromatic N) is 1. The highest BCUT2D eigenvalue weighted by molar-refractivity contribution is 6.32. The van der Waals surface area contributed by atoms with Gasteiger partial charge < -0.3 is 15.8 Å². The number of amides is 1. The summed E-state index contributed by atoms with van der Waals surface area (Å²) in [4.78, 5) is 33.8. The summed E-state index contributed by atoms with van der Waals surface area (Å²) < 4.78 is 4.85. The second-order valence-electron chi connectivity index (χ2n) is 4.78. The molecule has 2 rings (SSSR count). The van der Waals surface area contributed by atoms with E-state index in [9.17, 15) is 19.7 Å². The molecule has 2 aromatic rings. The molecule has 2 aromatic carbocycles. The van der Waals surface area contributed by atoms with Crippen molar-refractivity contribution >= 4 is 52.1 Å². The third kappa shape index (κ3) is 4.82. The number of anilines is 2. The number of halogens is 2. The first-order valence-electron chi connectivity index (χ1n) is 6.74. The highest BCUT2D eigenvalue weighted by atomic mass is 35.5. The van der Waals surface area contributed by atoms with Crippen LogP contribution in [0.15, 0.2) is 36.4 Å². The van der Waals surface area contributed by atoms with Gasteiger partial charge in [-0.15, -0.1) is 0 Å². The molecule has 0 saturated heterocycles. The summed E-state index contributed by atoms with van der Waals surface area (Å²) in [6.45, 7) is -0.600. The second-order valence-corrected chi connectivity index (χ2v) is 5.62. The monoisotopic (exact) mass is 383 g/mol. The number of nitro groups is 1. The average molecular weight is 384 g/mol. The van der Waals surface area contributed by atoms with E-state index < -0.39 is 23.4 Å². The zero-order valence-electron chi connectivity index (χ0n) is 12.5. The Hall–Kier alpha value is -2.84. The summed E-state index contributed by atoms with van der Waals surface area (Å²) >= 11 is 11.4. The number of benzene rings is 2. The summed E-state index contributed by atoms with van der Waals surface area (Å²) in [5, 5.41) is 13.5. The predicted molar refractivity (Wildman–Crippen MR) is 92.9 cm³/mol. The summed E-state index contributed by atoms with van der Waals surface area (Å²) in [6, 6.07) is 7.97. The molecule has 0 radical (unpaired) electrons. The molecule has 0 unspecified atom stereocenters. The number of nitro benzene ring substituents is 1. The topological polar surface area (TPSA) is 125 Å². The zero-order valence-corrected chi connectivity index (χ0v) is 14.0. The number of rotatable bonds is 5. The van der Waals surface area contributed by atoms with E-state index in [1.165, 1.54) is 30.3 Å². The van der Waals surface area contributed by atoms with Gasteiger partial charge in [-0.3, -0.25) is 14.9 Å². The summed E-state index contributed by atoms with van der Waals surface area (Å²) in [6.07, 6.45) is 0. The third-order valence-electron chi connectivity index (χ3n) is 2.99. The van der Waals surface area contributed by atoms with Crippen LogP contribution in [0, 0.1) is 10.1 Å². The zero-order chi connectivity index (χ0) is 18.6. The van der Waals surface area contributed by atoms with Crippen molar-refractivity contribution in [3.63, 3.8) is 0 Å². The van der Waals surface area contributed by atoms with Gasteiger partial charge in [0.25, 0.3) is 11.6 Å². The molecule has 0 aliphatic heterocycles. The smallest absolute Gasteiger partial charge is 0.340 e. The van der Waals surface area contributed by atoms with Crippen LogP contribution in [0.2, 0.25) is 10.0 Å². The fraction of sp³-hybridized carbons (Fsp3) is 0.0667. The number of carbonyl (C=O) groups excluding carboxylic acids is 2. The molecule has 1 amide bonds. The molecule has 0 fully saturated rings. The molecule has 8 nitrogen and oxygen atoms in total. The molecule has 130 valence electrons. The molecule has 0 aliphatic carbocycles. The van der Waals surface area contributed by atoms with Crippen molar-refractivity contribution in [2.24, 2.45) is 0 Å². The van der Waals surface area contributed by atoms with Gasteiger partial charge in [0, 0.05) is 22.5 Å². The first kappa shape index (κ1) is 18.5. The Balaban J connectivity index is 1.98. The van der Waals surface area contributed by atoms with Crippen molar-refractivity contribution in [2.45, 2.75) is 0 Å². The van der Waals surface area contributed by atoms with Crippen molar-refractivity contribution in [1.82, 2.24) is 0 Å². The van der Waals surface area contributed by atoms with E-state index >= 15 is 0 Å². The molecule has 10 heteroatoms. The Bertz CT molecular complexity index is 857. The molecule has 0 atom stereocenters. The SMILES string of the molecule is Nc1cc(Cl)ccc1C(=O)OCC(=O)Nc1ccc(Cl)c([N+](=O)[O-])c1. The van der Waals surface area contributed by atoms with Crippen molar-refractivity contribution in [3.05, 3.63) is 62.1 Å². The Morgan fingerprint density at radius 2 is 1.92 bits per heavy atom. The van der Waals surface area contributed by atoms with E-state index in [1.54, 1.807) is 0 Å². The Labute approximate surface area is 151 Å². The van der Waals surface area contributed by atoms with Crippen LogP contribution in [0.4, 0.5) is 17.1 Å². The quantitative estimate of drug-likeness (QED) is 0.353. The Kier molecular flexibility index (Phi) is 5.79. The van der Waals surface area contributed by atoms with Crippen molar-refractivity contribution in [1.29, 1.82) is 0 Å². The number of ether oxygens (including phenoxy) is 1. The van der Waals surface area contributed by atoms with Gasteiger partial charge in [0.05, 0.1) is 10.5 Å². The van der Waals surface area contributed by atoms with Gasteiger partial charge in [0.2, 0.25) is 0 Å². The minimum absolute atomic E-state index is 0.0624. The molecule has 3 N–H and O–H groups in total. The maximum atomic E-state index is 11.9. The van der Waals surface area contributed by atoms with Gasteiger partial charge in [-0.1, -0.05) is 23.2 Å². The van der Waals surface area contributed by atoms with Gasteiger partial charge in [-0.2, -0.15) is 0 Å². The van der Waals surface area contributed by atoms with E-state index in [4.69, 9.17) is 33.7 Å². The molecule has 0 bridgehead atoms. The second kappa shape index (κ2) is 7.82. The highest BCUT2D eigenvalue weighted by Gasteiger charge is 2.16. The summed E-state index contributed by atoms with van der Waals surface area (Å²) in [7, 11) is 0. The number of hydrogen-bond donors (Lipinski definition) is 2. The van der Waals surface area contributed by atoms with Gasteiger partial charge in [-0.05, 0) is 30.3 Å². The van der Waals surface area contributed by atoms with Gasteiger partial charge >= 0.3 is 5.97 Å². The van der Waals surface area contributed by atoms with Crippen LogP contribution in [-0.4, -0.2) is 23.4 Å². The van der Waals surface area contributed by atoms with Gasteiger partial charge in [-0.25, -0.2) is 4.79 Å². The maximum Gasteiger partial charge on any atom is 0.340 e. The molecular weight excluding hydrogens is 373 g/mol. The average Bonchev–Trinajstić information content (AvgIpc) is 2.54. The number of nitrogens with two attached hydrogens (primary N) is 1. The predicted octanol–water partition coefficient (Wildman–Crippen LogP) is 3.28. The maximum absolute atomic E-state index is 11.9. The van der Waals surface area contributed by atoms with Gasteiger partial charge in [0.1, 0.15) is 5.02 Å². The van der Waals surface area contributed by atoms with Crippen LogP contribution in [0.25, 0.3) is 0 Å². The Morgan fingerprint density at radius 1 is 1.20 bits per heavy atom. The van der Waals surface area contributed by atoms with Crippen molar-refractivity contribution < 1.29 is 19.2 Å². The van der Waals surface area contributed by atoms with E-state index in [0.717, 1.165) is 6.07 Å². The first-order valence-corrected chi connectivity index (χ1v) is 7.49. The lowest BCUT2D eigenvalue weighted by atomic mass is 10.2. The molecule has 0 heterocycles. The fourth-order valence-corrected chi connectivity index (χ4v) is 2.22. The molecular formula is C15H11Cl2N3O5. The first-order chi connectivity index (χ1) is 11.8. The lowest BCUT2D eigenvalue weighted by Gasteiger charge is -2.08. The highest BCUT2D eigenvalue weighted by Crippen LogP contribution is 2.27. The van der Waals surface area contributed by atoms with Crippen LogP contribution in [0.3, 0.4) is 0 Å². The fourth-order valence-electron chi connectivity index (χ4n) is 1.86. The summed E-state index contributed by atoms with van der Waals surface area (Å²) in [5.74, 6) is -1.48. The van der Waals surface area contributed by atoms with Crippen LogP contribution in [0.1, 0.15) is 10.4 Å². The lowest BCUT2D eigenvalue weighted by Crippen LogP contribution is -2.21. The van der Waals surface area contributed by atoms with Gasteiger partial charge in [0.15, 0.2) is 6.61 Å². The molecule has 0 saturated carbocycles. The molecule has 0 aliphatic rings. The number of esters is 1. The molecule has 0 spiro atoms.